The molecule has 1 atom stereocenters. The molecule has 2 nitrogen and oxygen atoms in total. The summed E-state index contributed by atoms with van der Waals surface area (Å²) in [5.74, 6) is 0. The monoisotopic (exact) mass is 212 g/mol. The normalized spacial score (nSPS) is 34.8. The van der Waals surface area contributed by atoms with Crippen molar-refractivity contribution in [2.24, 2.45) is 5.41 Å². The molecule has 4 heteroatoms. The van der Waals surface area contributed by atoms with Crippen molar-refractivity contribution in [2.45, 2.75) is 12.8 Å². The van der Waals surface area contributed by atoms with Crippen LogP contribution in [0.5, 0.6) is 0 Å². The fourth-order valence-electron chi connectivity index (χ4n) is 2.30. The fraction of sp³-hybridized carbons (Fsp3) is 1.00. The van der Waals surface area contributed by atoms with Crippen molar-refractivity contribution < 1.29 is 0 Å². The summed E-state index contributed by atoms with van der Waals surface area (Å²) in [5, 5.41) is 3.45. The van der Waals surface area contributed by atoms with Gasteiger partial charge in [0, 0.05) is 13.1 Å². The zero-order valence-corrected chi connectivity index (χ0v) is 9.14. The molecule has 0 aromatic heterocycles. The molecule has 12 heavy (non-hydrogen) atoms. The van der Waals surface area contributed by atoms with Gasteiger partial charge in [-0.1, -0.05) is 0 Å². The molecule has 0 aliphatic carbocycles. The fourth-order valence-corrected chi connectivity index (χ4v) is 2.30. The molecule has 0 radical (unpaired) electrons. The predicted octanol–water partition coefficient (Wildman–Crippen LogP) is 1.15. The van der Waals surface area contributed by atoms with Crippen molar-refractivity contribution in [3.8, 4) is 0 Å². The Morgan fingerprint density at radius 1 is 1.25 bits per heavy atom. The van der Waals surface area contributed by atoms with Crippen LogP contribution in [0.4, 0.5) is 0 Å². The SMILES string of the molecule is CN1CC[C@@]2(CCNC2)C1.Cl.Cl. The van der Waals surface area contributed by atoms with Gasteiger partial charge < -0.3 is 10.2 Å². The number of hydrogen-bond acceptors (Lipinski definition) is 2. The molecule has 0 saturated carbocycles. The van der Waals surface area contributed by atoms with E-state index in [1.54, 1.807) is 0 Å². The Morgan fingerprint density at radius 3 is 2.42 bits per heavy atom. The van der Waals surface area contributed by atoms with Crippen LogP contribution in [-0.4, -0.2) is 38.1 Å². The first-order valence-electron chi connectivity index (χ1n) is 4.20. The Balaban J connectivity index is 0.000000605. The number of halogens is 2. The maximum atomic E-state index is 3.45. The Bertz CT molecular complexity index is 135. The van der Waals surface area contributed by atoms with E-state index in [1.165, 1.54) is 39.0 Å². The minimum atomic E-state index is 0. The molecule has 1 N–H and O–H groups in total. The summed E-state index contributed by atoms with van der Waals surface area (Å²) in [6.07, 6.45) is 2.81. The number of likely N-dealkylation sites (tertiary alicyclic amines) is 1. The maximum Gasteiger partial charge on any atom is 0.00481 e. The Hall–Kier alpha value is 0.500. The largest absolute Gasteiger partial charge is 0.316 e. The van der Waals surface area contributed by atoms with Crippen LogP contribution >= 0.6 is 24.8 Å². The molecular weight excluding hydrogens is 195 g/mol. The lowest BCUT2D eigenvalue weighted by atomic mass is 9.87. The van der Waals surface area contributed by atoms with Crippen LogP contribution in [0.2, 0.25) is 0 Å². The standard InChI is InChI=1S/C8H16N2.2ClH/c1-10-5-3-8(7-10)2-4-9-6-8;;/h9H,2-7H2,1H3;2*1H/t8-;;/m1../s1. The van der Waals surface area contributed by atoms with Gasteiger partial charge in [-0.15, -0.1) is 24.8 Å². The zero-order chi connectivity index (χ0) is 7.03. The lowest BCUT2D eigenvalue weighted by Gasteiger charge is -2.20. The van der Waals surface area contributed by atoms with E-state index in [0.29, 0.717) is 5.41 Å². The molecule has 2 heterocycles. The van der Waals surface area contributed by atoms with E-state index in [9.17, 15) is 0 Å². The number of rotatable bonds is 0. The maximum absolute atomic E-state index is 3.45. The first kappa shape index (κ1) is 12.5. The van der Waals surface area contributed by atoms with E-state index in [4.69, 9.17) is 0 Å². The topological polar surface area (TPSA) is 15.3 Å². The van der Waals surface area contributed by atoms with E-state index < -0.39 is 0 Å². The van der Waals surface area contributed by atoms with Crippen molar-refractivity contribution in [3.63, 3.8) is 0 Å². The molecule has 2 aliphatic rings. The van der Waals surface area contributed by atoms with Gasteiger partial charge in [0.1, 0.15) is 0 Å². The Kier molecular flexibility index (Phi) is 4.85. The van der Waals surface area contributed by atoms with Crippen molar-refractivity contribution >= 4 is 24.8 Å². The average molecular weight is 213 g/mol. The summed E-state index contributed by atoms with van der Waals surface area (Å²) in [7, 11) is 2.23. The van der Waals surface area contributed by atoms with Gasteiger partial charge in [-0.25, -0.2) is 0 Å². The van der Waals surface area contributed by atoms with E-state index in [2.05, 4.69) is 17.3 Å². The highest BCUT2D eigenvalue weighted by atomic mass is 35.5. The van der Waals surface area contributed by atoms with Crippen LogP contribution in [0.3, 0.4) is 0 Å². The van der Waals surface area contributed by atoms with Gasteiger partial charge >= 0.3 is 0 Å². The molecular formula is C8H18Cl2N2. The number of hydrogen-bond donors (Lipinski definition) is 1. The zero-order valence-electron chi connectivity index (χ0n) is 7.51. The quantitative estimate of drug-likeness (QED) is 0.649. The van der Waals surface area contributed by atoms with Crippen LogP contribution in [-0.2, 0) is 0 Å². The minimum absolute atomic E-state index is 0. The van der Waals surface area contributed by atoms with Crippen LogP contribution in [0.1, 0.15) is 12.8 Å². The molecule has 0 amide bonds. The molecule has 0 aromatic rings. The van der Waals surface area contributed by atoms with Gasteiger partial charge in [-0.2, -0.15) is 0 Å². The molecule has 2 aliphatic heterocycles. The van der Waals surface area contributed by atoms with E-state index >= 15 is 0 Å². The summed E-state index contributed by atoms with van der Waals surface area (Å²) in [6.45, 7) is 5.13. The third kappa shape index (κ3) is 2.25. The van der Waals surface area contributed by atoms with E-state index in [0.717, 1.165) is 0 Å². The van der Waals surface area contributed by atoms with Crippen LogP contribution in [0, 0.1) is 5.41 Å². The second kappa shape index (κ2) is 4.66. The highest BCUT2D eigenvalue weighted by Crippen LogP contribution is 2.34. The molecule has 2 fully saturated rings. The molecule has 0 bridgehead atoms. The number of nitrogens with one attached hydrogen (secondary N) is 1. The van der Waals surface area contributed by atoms with Gasteiger partial charge in [-0.3, -0.25) is 0 Å². The van der Waals surface area contributed by atoms with Crippen molar-refractivity contribution in [1.82, 2.24) is 10.2 Å². The summed E-state index contributed by atoms with van der Waals surface area (Å²) in [4.78, 5) is 2.45. The van der Waals surface area contributed by atoms with Crippen LogP contribution in [0.15, 0.2) is 0 Å². The predicted molar refractivity (Wildman–Crippen MR) is 56.5 cm³/mol. The first-order chi connectivity index (χ1) is 4.81. The van der Waals surface area contributed by atoms with Gasteiger partial charge in [0.2, 0.25) is 0 Å². The molecule has 2 rings (SSSR count). The van der Waals surface area contributed by atoms with Crippen molar-refractivity contribution in [2.75, 3.05) is 33.2 Å². The van der Waals surface area contributed by atoms with Crippen LogP contribution in [0.25, 0.3) is 0 Å². The van der Waals surface area contributed by atoms with Crippen molar-refractivity contribution in [1.29, 1.82) is 0 Å². The summed E-state index contributed by atoms with van der Waals surface area (Å²) < 4.78 is 0. The lowest BCUT2D eigenvalue weighted by Crippen LogP contribution is -2.27. The third-order valence-electron chi connectivity index (χ3n) is 2.96. The molecule has 2 saturated heterocycles. The highest BCUT2D eigenvalue weighted by molar-refractivity contribution is 5.85. The second-order valence-corrected chi connectivity index (χ2v) is 3.91. The van der Waals surface area contributed by atoms with E-state index in [1.807, 2.05) is 0 Å². The van der Waals surface area contributed by atoms with Crippen LogP contribution < -0.4 is 5.32 Å². The molecule has 1 spiro atoms. The smallest absolute Gasteiger partial charge is 0.00481 e. The minimum Gasteiger partial charge on any atom is -0.316 e. The van der Waals surface area contributed by atoms with E-state index in [-0.39, 0.29) is 24.8 Å². The Labute approximate surface area is 86.9 Å². The third-order valence-corrected chi connectivity index (χ3v) is 2.96. The van der Waals surface area contributed by atoms with Gasteiger partial charge in [0.25, 0.3) is 0 Å². The summed E-state index contributed by atoms with van der Waals surface area (Å²) in [5.41, 5.74) is 0.675. The molecule has 0 unspecified atom stereocenters. The Morgan fingerprint density at radius 2 is 2.00 bits per heavy atom. The van der Waals surface area contributed by atoms with Gasteiger partial charge in [0.05, 0.1) is 0 Å². The average Bonchev–Trinajstić information content (AvgIpc) is 2.46. The molecule has 74 valence electrons. The summed E-state index contributed by atoms with van der Waals surface area (Å²) in [6, 6.07) is 0. The van der Waals surface area contributed by atoms with Gasteiger partial charge in [-0.05, 0) is 38.4 Å². The van der Waals surface area contributed by atoms with Gasteiger partial charge in [0.15, 0.2) is 0 Å². The first-order valence-corrected chi connectivity index (χ1v) is 4.20. The number of nitrogens with zero attached hydrogens (tertiary/aromatic N) is 1. The summed E-state index contributed by atoms with van der Waals surface area (Å²) >= 11 is 0. The lowest BCUT2D eigenvalue weighted by molar-refractivity contribution is 0.309. The molecule has 0 aromatic carbocycles. The second-order valence-electron chi connectivity index (χ2n) is 3.91. The van der Waals surface area contributed by atoms with Crippen molar-refractivity contribution in [3.05, 3.63) is 0 Å². The highest BCUT2D eigenvalue weighted by Gasteiger charge is 2.38.